The largest absolute Gasteiger partial charge is 0.481 e. The van der Waals surface area contributed by atoms with Gasteiger partial charge in [0.1, 0.15) is 17.3 Å². The minimum atomic E-state index is -4.51. The van der Waals surface area contributed by atoms with E-state index in [1.54, 1.807) is 6.92 Å². The number of halogens is 3. The number of hydrogen-bond donors (Lipinski definition) is 2. The van der Waals surface area contributed by atoms with Crippen LogP contribution in [0.2, 0.25) is 0 Å². The number of amidine groups is 1. The molecule has 0 bridgehead atoms. The minimum Gasteiger partial charge on any atom is -0.481 e. The summed E-state index contributed by atoms with van der Waals surface area (Å²) >= 11 is 0. The van der Waals surface area contributed by atoms with Gasteiger partial charge in [0.15, 0.2) is 12.3 Å². The number of nitrogens with one attached hydrogen (secondary N) is 2. The Bertz CT molecular complexity index is 884. The van der Waals surface area contributed by atoms with Crippen molar-refractivity contribution in [1.29, 1.82) is 0 Å². The fourth-order valence-electron chi connectivity index (χ4n) is 3.53. The second-order valence-corrected chi connectivity index (χ2v) is 8.57. The molecule has 2 aliphatic heterocycles. The summed E-state index contributed by atoms with van der Waals surface area (Å²) in [4.78, 5) is 26.8. The first kappa shape index (κ1) is 21.8. The number of alkyl halides is 3. The van der Waals surface area contributed by atoms with Gasteiger partial charge in [-0.1, -0.05) is 6.92 Å². The fourth-order valence-corrected chi connectivity index (χ4v) is 3.53. The van der Waals surface area contributed by atoms with E-state index in [-0.39, 0.29) is 17.4 Å². The van der Waals surface area contributed by atoms with Gasteiger partial charge in [0.2, 0.25) is 0 Å². The highest BCUT2D eigenvalue weighted by atomic mass is 19.4. The molecule has 0 aromatic carbocycles. The highest BCUT2D eigenvalue weighted by Gasteiger charge is 2.46. The number of carbonyl (C=O) groups is 1. The van der Waals surface area contributed by atoms with E-state index in [2.05, 4.69) is 20.8 Å². The van der Waals surface area contributed by atoms with Crippen molar-refractivity contribution in [3.8, 4) is 5.75 Å². The smallest absolute Gasteiger partial charge is 0.425 e. The van der Waals surface area contributed by atoms with Crippen molar-refractivity contribution in [1.82, 2.24) is 15.8 Å². The van der Waals surface area contributed by atoms with Crippen molar-refractivity contribution < 1.29 is 32.3 Å². The lowest BCUT2D eigenvalue weighted by Crippen LogP contribution is -2.61. The van der Waals surface area contributed by atoms with Gasteiger partial charge in [-0.05, 0) is 32.6 Å². The maximum atomic E-state index is 13.0. The summed E-state index contributed by atoms with van der Waals surface area (Å²) < 4.78 is 49.6. The van der Waals surface area contributed by atoms with Crippen molar-refractivity contribution >= 4 is 11.7 Å². The van der Waals surface area contributed by atoms with Crippen LogP contribution in [0, 0.1) is 5.41 Å². The summed E-state index contributed by atoms with van der Waals surface area (Å²) in [6.07, 6.45) is -3.77. The molecule has 2 N–H and O–H groups in total. The summed E-state index contributed by atoms with van der Waals surface area (Å²) in [6.45, 7) is 5.46. The SMILES string of the molecule is CC1N=C(C(NC(=O)c2cc(O[C@@H](C)C(F)(F)F)c(C3CC3)cn2)C2(C)COC2)NO1. The molecule has 11 heteroatoms. The lowest BCUT2D eigenvalue weighted by molar-refractivity contribution is -0.189. The number of rotatable bonds is 7. The Kier molecular flexibility index (Phi) is 5.59. The van der Waals surface area contributed by atoms with Crippen LogP contribution in [-0.2, 0) is 9.57 Å². The van der Waals surface area contributed by atoms with Gasteiger partial charge < -0.3 is 14.8 Å². The molecule has 31 heavy (non-hydrogen) atoms. The first-order valence-corrected chi connectivity index (χ1v) is 10.2. The molecule has 0 radical (unpaired) electrons. The van der Waals surface area contributed by atoms with Crippen LogP contribution in [0.5, 0.6) is 5.75 Å². The number of ether oxygens (including phenoxy) is 2. The second kappa shape index (κ2) is 7.94. The maximum Gasteiger partial charge on any atom is 0.425 e. The quantitative estimate of drug-likeness (QED) is 0.675. The Hall–Kier alpha value is -2.40. The van der Waals surface area contributed by atoms with Crippen molar-refractivity contribution in [2.75, 3.05) is 13.2 Å². The van der Waals surface area contributed by atoms with Crippen LogP contribution in [0.25, 0.3) is 0 Å². The zero-order valence-corrected chi connectivity index (χ0v) is 17.5. The first-order chi connectivity index (χ1) is 14.6. The number of aromatic nitrogens is 1. The molecule has 170 valence electrons. The lowest BCUT2D eigenvalue weighted by atomic mass is 9.79. The molecule has 3 aliphatic rings. The van der Waals surface area contributed by atoms with Crippen molar-refractivity contribution in [2.24, 2.45) is 10.4 Å². The van der Waals surface area contributed by atoms with E-state index in [9.17, 15) is 18.0 Å². The Morgan fingerprint density at radius 3 is 2.61 bits per heavy atom. The molecule has 3 heterocycles. The zero-order valence-electron chi connectivity index (χ0n) is 17.5. The average Bonchev–Trinajstić information content (AvgIpc) is 3.44. The van der Waals surface area contributed by atoms with Crippen LogP contribution in [0.4, 0.5) is 13.2 Å². The molecular weight excluding hydrogens is 417 g/mol. The predicted octanol–water partition coefficient (Wildman–Crippen LogP) is 2.70. The molecular formula is C20H25F3N4O4. The standard InChI is InChI=1S/C20H25F3N4O4/c1-10(20(21,22)23)30-15-6-14(24-7-13(15)12-4-5-12)18(28)26-16(19(3)8-29-9-19)17-25-11(2)31-27-17/h6-7,10-12,16H,4-5,8-9H2,1-3H3,(H,25,27)(H,26,28)/t10-,11?,16?/m0/s1. The van der Waals surface area contributed by atoms with Crippen molar-refractivity contribution in [3.05, 3.63) is 23.5 Å². The van der Waals surface area contributed by atoms with E-state index in [4.69, 9.17) is 14.3 Å². The predicted molar refractivity (Wildman–Crippen MR) is 104 cm³/mol. The van der Waals surface area contributed by atoms with Gasteiger partial charge in [-0.2, -0.15) is 13.2 Å². The zero-order chi connectivity index (χ0) is 22.4. The molecule has 2 unspecified atom stereocenters. The Balaban J connectivity index is 1.57. The molecule has 1 saturated heterocycles. The van der Waals surface area contributed by atoms with E-state index in [1.807, 2.05) is 6.92 Å². The van der Waals surface area contributed by atoms with E-state index >= 15 is 0 Å². The molecule has 8 nitrogen and oxygen atoms in total. The lowest BCUT2D eigenvalue weighted by Gasteiger charge is -2.44. The summed E-state index contributed by atoms with van der Waals surface area (Å²) in [5.41, 5.74) is 2.88. The Morgan fingerprint density at radius 2 is 2.10 bits per heavy atom. The second-order valence-electron chi connectivity index (χ2n) is 8.57. The highest BCUT2D eigenvalue weighted by molar-refractivity contribution is 5.98. The van der Waals surface area contributed by atoms with Gasteiger partial charge in [0.05, 0.1) is 19.3 Å². The highest BCUT2D eigenvalue weighted by Crippen LogP contribution is 2.45. The Labute approximate surface area is 177 Å². The molecule has 1 aromatic heterocycles. The number of pyridine rings is 1. The molecule has 3 atom stereocenters. The van der Waals surface area contributed by atoms with Gasteiger partial charge in [-0.3, -0.25) is 9.78 Å². The number of hydroxylamine groups is 1. The number of amides is 1. The van der Waals surface area contributed by atoms with Crippen LogP contribution in [0.1, 0.15) is 55.6 Å². The van der Waals surface area contributed by atoms with Crippen LogP contribution in [0.3, 0.4) is 0 Å². The number of nitrogens with zero attached hydrogens (tertiary/aromatic N) is 2. The fraction of sp³-hybridized carbons (Fsp3) is 0.650. The van der Waals surface area contributed by atoms with E-state index in [0.29, 0.717) is 24.6 Å². The average molecular weight is 442 g/mol. The van der Waals surface area contributed by atoms with Gasteiger partial charge in [-0.15, -0.1) is 0 Å². The number of carbonyl (C=O) groups excluding carboxylic acids is 1. The van der Waals surface area contributed by atoms with E-state index in [0.717, 1.165) is 19.8 Å². The molecule has 1 amide bonds. The van der Waals surface area contributed by atoms with Crippen molar-refractivity contribution in [2.45, 2.75) is 64.1 Å². The first-order valence-electron chi connectivity index (χ1n) is 10.2. The molecule has 1 aliphatic carbocycles. The third-order valence-electron chi connectivity index (χ3n) is 5.67. The summed E-state index contributed by atoms with van der Waals surface area (Å²) in [5, 5.41) is 2.88. The number of aliphatic imine (C=N–C) groups is 1. The monoisotopic (exact) mass is 442 g/mol. The normalized spacial score (nSPS) is 24.5. The molecule has 0 spiro atoms. The van der Waals surface area contributed by atoms with Crippen LogP contribution >= 0.6 is 0 Å². The summed E-state index contributed by atoms with van der Waals surface area (Å²) in [6, 6.07) is 0.743. The van der Waals surface area contributed by atoms with Gasteiger partial charge in [-0.25, -0.2) is 15.3 Å². The maximum absolute atomic E-state index is 13.0. The molecule has 4 rings (SSSR count). The van der Waals surface area contributed by atoms with E-state index < -0.39 is 35.9 Å². The Morgan fingerprint density at radius 1 is 1.39 bits per heavy atom. The van der Waals surface area contributed by atoms with Crippen LogP contribution in [0.15, 0.2) is 17.3 Å². The number of hydrogen-bond acceptors (Lipinski definition) is 7. The summed E-state index contributed by atoms with van der Waals surface area (Å²) in [5.74, 6) is 0.0578. The van der Waals surface area contributed by atoms with Crippen molar-refractivity contribution in [3.63, 3.8) is 0 Å². The third kappa shape index (κ3) is 4.62. The van der Waals surface area contributed by atoms with Gasteiger partial charge >= 0.3 is 6.18 Å². The summed E-state index contributed by atoms with van der Waals surface area (Å²) in [7, 11) is 0. The van der Waals surface area contributed by atoms with Crippen LogP contribution < -0.4 is 15.5 Å². The molecule has 2 fully saturated rings. The topological polar surface area (TPSA) is 94.1 Å². The van der Waals surface area contributed by atoms with Gasteiger partial charge in [0.25, 0.3) is 5.91 Å². The minimum absolute atomic E-state index is 0.0322. The van der Waals surface area contributed by atoms with Crippen LogP contribution in [-0.4, -0.2) is 54.5 Å². The van der Waals surface area contributed by atoms with Gasteiger partial charge in [0, 0.05) is 23.2 Å². The third-order valence-corrected chi connectivity index (χ3v) is 5.67. The van der Waals surface area contributed by atoms with E-state index in [1.165, 1.54) is 12.3 Å². The molecule has 1 aromatic rings. The molecule has 1 saturated carbocycles.